The molecule has 0 spiro atoms. The van der Waals surface area contributed by atoms with Crippen LogP contribution in [0.15, 0.2) is 11.1 Å². The highest BCUT2D eigenvalue weighted by atomic mass is 16.4. The molecular formula is C14H24O4. The van der Waals surface area contributed by atoms with Crippen LogP contribution in [0.4, 0.5) is 0 Å². The predicted octanol–water partition coefficient (Wildman–Crippen LogP) is 3.47. The first-order valence-corrected chi connectivity index (χ1v) is 6.69. The van der Waals surface area contributed by atoms with E-state index in [1.54, 1.807) is 6.92 Å². The summed E-state index contributed by atoms with van der Waals surface area (Å²) >= 11 is 0. The van der Waals surface area contributed by atoms with Crippen LogP contribution in [0.2, 0.25) is 0 Å². The molecule has 0 aromatic rings. The largest absolute Gasteiger partial charge is 0.478 e. The maximum atomic E-state index is 11.3. The predicted molar refractivity (Wildman–Crippen MR) is 70.5 cm³/mol. The molecule has 0 bridgehead atoms. The standard InChI is InChI=1S/C14H24O4/c1-4-7-8-9-10(5-2)12(14(17)18)11(6-3)13(15)16/h10H,4-9H2,1-3H3,(H,15,16)(H,17,18). The Hall–Kier alpha value is -1.32. The van der Waals surface area contributed by atoms with Gasteiger partial charge in [-0.1, -0.05) is 40.0 Å². The fourth-order valence-electron chi connectivity index (χ4n) is 2.20. The van der Waals surface area contributed by atoms with Crippen molar-refractivity contribution in [1.29, 1.82) is 0 Å². The second-order valence-corrected chi connectivity index (χ2v) is 4.46. The van der Waals surface area contributed by atoms with Gasteiger partial charge in [-0.15, -0.1) is 0 Å². The van der Waals surface area contributed by atoms with Gasteiger partial charge in [0.05, 0.1) is 5.57 Å². The average Bonchev–Trinajstić information content (AvgIpc) is 2.31. The van der Waals surface area contributed by atoms with Crippen LogP contribution < -0.4 is 0 Å². The zero-order chi connectivity index (χ0) is 14.1. The fourth-order valence-corrected chi connectivity index (χ4v) is 2.20. The third-order valence-electron chi connectivity index (χ3n) is 3.22. The first kappa shape index (κ1) is 16.7. The molecule has 0 saturated carbocycles. The van der Waals surface area contributed by atoms with Crippen molar-refractivity contribution in [3.05, 3.63) is 11.1 Å². The van der Waals surface area contributed by atoms with Crippen LogP contribution >= 0.6 is 0 Å². The van der Waals surface area contributed by atoms with E-state index in [1.165, 1.54) is 0 Å². The summed E-state index contributed by atoms with van der Waals surface area (Å²) in [6, 6.07) is 0. The van der Waals surface area contributed by atoms with Crippen molar-refractivity contribution in [2.75, 3.05) is 0 Å². The van der Waals surface area contributed by atoms with Crippen LogP contribution in [0.1, 0.15) is 59.3 Å². The maximum absolute atomic E-state index is 11.3. The number of carboxylic acid groups (broad SMARTS) is 2. The summed E-state index contributed by atoms with van der Waals surface area (Å²) in [5.41, 5.74) is 0.148. The highest BCUT2D eigenvalue weighted by Crippen LogP contribution is 2.26. The van der Waals surface area contributed by atoms with Crippen molar-refractivity contribution in [2.45, 2.75) is 59.3 Å². The van der Waals surface area contributed by atoms with Gasteiger partial charge in [0, 0.05) is 5.57 Å². The van der Waals surface area contributed by atoms with E-state index >= 15 is 0 Å². The van der Waals surface area contributed by atoms with Crippen LogP contribution in [0, 0.1) is 5.92 Å². The van der Waals surface area contributed by atoms with Gasteiger partial charge in [-0.3, -0.25) is 0 Å². The second kappa shape index (κ2) is 8.72. The Balaban J connectivity index is 5.16. The molecular weight excluding hydrogens is 232 g/mol. The minimum Gasteiger partial charge on any atom is -0.478 e. The topological polar surface area (TPSA) is 74.6 Å². The van der Waals surface area contributed by atoms with Gasteiger partial charge in [0.25, 0.3) is 0 Å². The monoisotopic (exact) mass is 256 g/mol. The van der Waals surface area contributed by atoms with E-state index in [-0.39, 0.29) is 23.5 Å². The summed E-state index contributed by atoms with van der Waals surface area (Å²) in [5.74, 6) is -2.35. The summed E-state index contributed by atoms with van der Waals surface area (Å²) in [6.45, 7) is 5.68. The molecule has 0 amide bonds. The highest BCUT2D eigenvalue weighted by Gasteiger charge is 2.25. The lowest BCUT2D eigenvalue weighted by Crippen LogP contribution is -2.18. The van der Waals surface area contributed by atoms with Gasteiger partial charge in [0.15, 0.2) is 0 Å². The highest BCUT2D eigenvalue weighted by molar-refractivity contribution is 5.99. The summed E-state index contributed by atoms with van der Waals surface area (Å²) < 4.78 is 0. The fraction of sp³-hybridized carbons (Fsp3) is 0.714. The Labute approximate surface area is 109 Å². The van der Waals surface area contributed by atoms with E-state index in [2.05, 4.69) is 6.92 Å². The van der Waals surface area contributed by atoms with Crippen molar-refractivity contribution in [3.8, 4) is 0 Å². The van der Waals surface area contributed by atoms with Crippen molar-refractivity contribution in [3.63, 3.8) is 0 Å². The first-order valence-electron chi connectivity index (χ1n) is 6.69. The summed E-state index contributed by atoms with van der Waals surface area (Å²) in [5, 5.41) is 18.3. The SMILES string of the molecule is CCCCCC(CC)C(C(=O)O)=C(CC)C(=O)O. The lowest BCUT2D eigenvalue weighted by Gasteiger charge is -2.18. The van der Waals surface area contributed by atoms with Gasteiger partial charge in [0.2, 0.25) is 0 Å². The Morgan fingerprint density at radius 2 is 1.61 bits per heavy atom. The van der Waals surface area contributed by atoms with Crippen LogP contribution in [0.5, 0.6) is 0 Å². The molecule has 0 rings (SSSR count). The Morgan fingerprint density at radius 1 is 1.00 bits per heavy atom. The number of hydrogen-bond acceptors (Lipinski definition) is 2. The van der Waals surface area contributed by atoms with Gasteiger partial charge >= 0.3 is 11.9 Å². The molecule has 4 nitrogen and oxygen atoms in total. The molecule has 0 radical (unpaired) electrons. The molecule has 18 heavy (non-hydrogen) atoms. The number of unbranched alkanes of at least 4 members (excludes halogenated alkanes) is 2. The van der Waals surface area contributed by atoms with Gasteiger partial charge in [-0.25, -0.2) is 9.59 Å². The van der Waals surface area contributed by atoms with Crippen LogP contribution in [-0.2, 0) is 9.59 Å². The Kier molecular flexibility index (Phi) is 8.08. The first-order chi connectivity index (χ1) is 8.49. The third-order valence-corrected chi connectivity index (χ3v) is 3.22. The van der Waals surface area contributed by atoms with Crippen LogP contribution in [-0.4, -0.2) is 22.2 Å². The lowest BCUT2D eigenvalue weighted by molar-refractivity contribution is -0.136. The number of rotatable bonds is 9. The van der Waals surface area contributed by atoms with Crippen molar-refractivity contribution in [1.82, 2.24) is 0 Å². The zero-order valence-electron chi connectivity index (χ0n) is 11.5. The lowest BCUT2D eigenvalue weighted by atomic mass is 9.86. The number of carboxylic acids is 2. The third kappa shape index (κ3) is 4.90. The molecule has 0 aromatic heterocycles. The molecule has 0 aliphatic carbocycles. The summed E-state index contributed by atoms with van der Waals surface area (Å²) in [6.07, 6.45) is 4.74. The quantitative estimate of drug-likeness (QED) is 0.489. The van der Waals surface area contributed by atoms with E-state index in [1.807, 2.05) is 6.92 Å². The number of carbonyl (C=O) groups is 2. The summed E-state index contributed by atoms with van der Waals surface area (Å²) in [7, 11) is 0. The number of hydrogen-bond donors (Lipinski definition) is 2. The van der Waals surface area contributed by atoms with Crippen LogP contribution in [0.3, 0.4) is 0 Å². The molecule has 0 aliphatic heterocycles. The molecule has 0 heterocycles. The smallest absolute Gasteiger partial charge is 0.332 e. The Bertz CT molecular complexity index is 318. The normalized spacial score (nSPS) is 13.9. The van der Waals surface area contributed by atoms with Gasteiger partial charge in [-0.2, -0.15) is 0 Å². The van der Waals surface area contributed by atoms with Crippen LogP contribution in [0.25, 0.3) is 0 Å². The zero-order valence-corrected chi connectivity index (χ0v) is 11.5. The molecule has 0 aliphatic rings. The molecule has 1 atom stereocenters. The molecule has 0 aromatic carbocycles. The molecule has 1 unspecified atom stereocenters. The number of aliphatic carboxylic acids is 2. The van der Waals surface area contributed by atoms with E-state index in [4.69, 9.17) is 5.11 Å². The van der Waals surface area contributed by atoms with Gasteiger partial charge in [0.1, 0.15) is 0 Å². The van der Waals surface area contributed by atoms with Crippen molar-refractivity contribution in [2.24, 2.45) is 5.92 Å². The van der Waals surface area contributed by atoms with E-state index in [9.17, 15) is 14.7 Å². The molecule has 0 saturated heterocycles. The molecule has 2 N–H and O–H groups in total. The minimum absolute atomic E-state index is 0.0471. The maximum Gasteiger partial charge on any atom is 0.332 e. The van der Waals surface area contributed by atoms with Crippen molar-refractivity contribution < 1.29 is 19.8 Å². The summed E-state index contributed by atoms with van der Waals surface area (Å²) in [4.78, 5) is 22.4. The molecule has 104 valence electrons. The minimum atomic E-state index is -1.11. The van der Waals surface area contributed by atoms with E-state index < -0.39 is 11.9 Å². The van der Waals surface area contributed by atoms with Gasteiger partial charge < -0.3 is 10.2 Å². The average molecular weight is 256 g/mol. The van der Waals surface area contributed by atoms with Gasteiger partial charge in [-0.05, 0) is 25.2 Å². The van der Waals surface area contributed by atoms with E-state index in [0.29, 0.717) is 6.42 Å². The molecule has 0 fully saturated rings. The molecule has 4 heteroatoms. The Morgan fingerprint density at radius 3 is 1.94 bits per heavy atom. The van der Waals surface area contributed by atoms with Crippen molar-refractivity contribution >= 4 is 11.9 Å². The van der Waals surface area contributed by atoms with E-state index in [0.717, 1.165) is 25.7 Å². The second-order valence-electron chi connectivity index (χ2n) is 4.46.